The Morgan fingerprint density at radius 2 is 1.79 bits per heavy atom. The van der Waals surface area contributed by atoms with Gasteiger partial charge in [0.25, 0.3) is 5.91 Å². The molecule has 0 spiro atoms. The highest BCUT2D eigenvalue weighted by Crippen LogP contribution is 2.28. The average Bonchev–Trinajstić information content (AvgIpc) is 2.57. The van der Waals surface area contributed by atoms with Crippen molar-refractivity contribution in [2.75, 3.05) is 0 Å². The van der Waals surface area contributed by atoms with Crippen LogP contribution < -0.4 is 15.4 Å². The van der Waals surface area contributed by atoms with Crippen LogP contribution in [0.15, 0.2) is 53.0 Å². The van der Waals surface area contributed by atoms with E-state index in [1.165, 1.54) is 0 Å². The second kappa shape index (κ2) is 8.26. The standard InChI is InChI=1S/C23H29BrN2O2/c1-22(2)13-19(14-23(3,4)26-22)25-21(27)17-8-5-7-16(11-17)15-28-20-10-6-9-18(24)12-20/h5-12,19,26H,13-15H2,1-4H3,(H,25,27). The van der Waals surface area contributed by atoms with Crippen LogP contribution >= 0.6 is 15.9 Å². The second-order valence-electron chi connectivity index (χ2n) is 8.92. The van der Waals surface area contributed by atoms with Crippen LogP contribution in [0, 0.1) is 0 Å². The molecule has 1 amide bonds. The van der Waals surface area contributed by atoms with Gasteiger partial charge in [-0.15, -0.1) is 0 Å². The smallest absolute Gasteiger partial charge is 0.251 e. The Hall–Kier alpha value is -1.85. The molecule has 2 aromatic rings. The lowest BCUT2D eigenvalue weighted by molar-refractivity contribution is 0.0873. The van der Waals surface area contributed by atoms with Crippen molar-refractivity contribution >= 4 is 21.8 Å². The first-order valence-electron chi connectivity index (χ1n) is 9.69. The Morgan fingerprint density at radius 1 is 1.11 bits per heavy atom. The minimum Gasteiger partial charge on any atom is -0.489 e. The molecule has 4 nitrogen and oxygen atoms in total. The highest BCUT2D eigenvalue weighted by molar-refractivity contribution is 9.10. The van der Waals surface area contributed by atoms with Gasteiger partial charge in [-0.25, -0.2) is 0 Å². The van der Waals surface area contributed by atoms with E-state index in [4.69, 9.17) is 4.74 Å². The molecule has 28 heavy (non-hydrogen) atoms. The van der Waals surface area contributed by atoms with Crippen LogP contribution in [0.2, 0.25) is 0 Å². The molecule has 0 aromatic heterocycles. The predicted molar refractivity (Wildman–Crippen MR) is 117 cm³/mol. The zero-order chi connectivity index (χ0) is 20.4. The highest BCUT2D eigenvalue weighted by Gasteiger charge is 2.38. The first-order chi connectivity index (χ1) is 13.1. The molecule has 0 atom stereocenters. The number of nitrogens with one attached hydrogen (secondary N) is 2. The largest absolute Gasteiger partial charge is 0.489 e. The molecule has 5 heteroatoms. The number of ether oxygens (including phenoxy) is 1. The molecule has 1 saturated heterocycles. The number of hydrogen-bond donors (Lipinski definition) is 2. The van der Waals surface area contributed by atoms with Crippen molar-refractivity contribution in [2.45, 2.75) is 64.3 Å². The molecular weight excluding hydrogens is 416 g/mol. The molecule has 3 rings (SSSR count). The number of piperidine rings is 1. The lowest BCUT2D eigenvalue weighted by Gasteiger charge is -2.46. The van der Waals surface area contributed by atoms with Gasteiger partial charge < -0.3 is 15.4 Å². The minimum absolute atomic E-state index is 0.000652. The number of carbonyl (C=O) groups is 1. The van der Waals surface area contributed by atoms with E-state index < -0.39 is 0 Å². The van der Waals surface area contributed by atoms with Gasteiger partial charge in [-0.3, -0.25) is 4.79 Å². The third kappa shape index (κ3) is 5.82. The molecule has 0 aliphatic carbocycles. The summed E-state index contributed by atoms with van der Waals surface area (Å²) in [5.74, 6) is 0.770. The Labute approximate surface area is 176 Å². The summed E-state index contributed by atoms with van der Waals surface area (Å²) < 4.78 is 6.82. The number of benzene rings is 2. The third-order valence-corrected chi connectivity index (χ3v) is 5.41. The van der Waals surface area contributed by atoms with Crippen molar-refractivity contribution < 1.29 is 9.53 Å². The first-order valence-corrected chi connectivity index (χ1v) is 10.5. The van der Waals surface area contributed by atoms with E-state index >= 15 is 0 Å². The number of halogens is 1. The SMILES string of the molecule is CC1(C)CC(NC(=O)c2cccc(COc3cccc(Br)c3)c2)CC(C)(C)N1. The third-order valence-electron chi connectivity index (χ3n) is 4.92. The quantitative estimate of drug-likeness (QED) is 0.676. The molecule has 0 saturated carbocycles. The summed E-state index contributed by atoms with van der Waals surface area (Å²) in [5.41, 5.74) is 1.64. The fraction of sp³-hybridized carbons (Fsp3) is 0.435. The van der Waals surface area contributed by atoms with Crippen LogP contribution in [0.3, 0.4) is 0 Å². The van der Waals surface area contributed by atoms with E-state index in [9.17, 15) is 4.79 Å². The van der Waals surface area contributed by atoms with Crippen LogP contribution in [0.1, 0.15) is 56.5 Å². The van der Waals surface area contributed by atoms with Crippen molar-refractivity contribution in [3.05, 3.63) is 64.1 Å². The molecule has 1 heterocycles. The minimum atomic E-state index is -0.0252. The topological polar surface area (TPSA) is 50.4 Å². The van der Waals surface area contributed by atoms with Gasteiger partial charge in [0.05, 0.1) is 0 Å². The van der Waals surface area contributed by atoms with Gasteiger partial charge in [0, 0.05) is 27.2 Å². The lowest BCUT2D eigenvalue weighted by Crippen LogP contribution is -2.62. The molecule has 2 N–H and O–H groups in total. The highest BCUT2D eigenvalue weighted by atomic mass is 79.9. The van der Waals surface area contributed by atoms with Crippen LogP contribution in [0.25, 0.3) is 0 Å². The number of amides is 1. The van der Waals surface area contributed by atoms with E-state index in [1.54, 1.807) is 0 Å². The van der Waals surface area contributed by atoms with E-state index in [1.807, 2.05) is 48.5 Å². The monoisotopic (exact) mass is 444 g/mol. The van der Waals surface area contributed by atoms with Crippen molar-refractivity contribution in [3.63, 3.8) is 0 Å². The number of hydrogen-bond acceptors (Lipinski definition) is 3. The summed E-state index contributed by atoms with van der Waals surface area (Å²) in [7, 11) is 0. The molecular formula is C23H29BrN2O2. The van der Waals surface area contributed by atoms with Crippen molar-refractivity contribution in [3.8, 4) is 5.75 Å². The Bertz CT molecular complexity index is 832. The number of carbonyl (C=O) groups excluding carboxylic acids is 1. The van der Waals surface area contributed by atoms with Gasteiger partial charge in [0.1, 0.15) is 12.4 Å². The fourth-order valence-corrected chi connectivity index (χ4v) is 4.60. The van der Waals surface area contributed by atoms with Gasteiger partial charge in [0.15, 0.2) is 0 Å². The van der Waals surface area contributed by atoms with Gasteiger partial charge in [-0.1, -0.05) is 34.1 Å². The van der Waals surface area contributed by atoms with Crippen molar-refractivity contribution in [1.82, 2.24) is 10.6 Å². The van der Waals surface area contributed by atoms with Gasteiger partial charge >= 0.3 is 0 Å². The van der Waals surface area contributed by atoms with Gasteiger partial charge in [0.2, 0.25) is 0 Å². The summed E-state index contributed by atoms with van der Waals surface area (Å²) in [6.07, 6.45) is 1.82. The second-order valence-corrected chi connectivity index (χ2v) is 9.83. The fourth-order valence-electron chi connectivity index (χ4n) is 4.22. The van der Waals surface area contributed by atoms with E-state index in [0.29, 0.717) is 12.2 Å². The summed E-state index contributed by atoms with van der Waals surface area (Å²) in [6, 6.07) is 15.5. The molecule has 0 bridgehead atoms. The van der Waals surface area contributed by atoms with Crippen LogP contribution in [0.5, 0.6) is 5.75 Å². The summed E-state index contributed by atoms with van der Waals surface area (Å²) in [6.45, 7) is 9.17. The zero-order valence-electron chi connectivity index (χ0n) is 17.0. The maximum atomic E-state index is 12.8. The Morgan fingerprint density at radius 3 is 2.46 bits per heavy atom. The molecule has 1 aliphatic heterocycles. The van der Waals surface area contributed by atoms with Crippen molar-refractivity contribution in [2.24, 2.45) is 0 Å². The zero-order valence-corrected chi connectivity index (χ0v) is 18.6. The first kappa shape index (κ1) is 20.9. The van der Waals surface area contributed by atoms with E-state index in [2.05, 4.69) is 54.3 Å². The van der Waals surface area contributed by atoms with Crippen LogP contribution in [-0.4, -0.2) is 23.0 Å². The van der Waals surface area contributed by atoms with E-state index in [-0.39, 0.29) is 23.0 Å². The molecule has 2 aromatic carbocycles. The summed E-state index contributed by atoms with van der Waals surface area (Å²) in [5, 5.41) is 6.88. The van der Waals surface area contributed by atoms with E-state index in [0.717, 1.165) is 28.6 Å². The normalized spacial score (nSPS) is 18.5. The van der Waals surface area contributed by atoms with Crippen molar-refractivity contribution in [1.29, 1.82) is 0 Å². The molecule has 0 unspecified atom stereocenters. The lowest BCUT2D eigenvalue weighted by atomic mass is 9.79. The van der Waals surface area contributed by atoms with Crippen LogP contribution in [-0.2, 0) is 6.61 Å². The van der Waals surface area contributed by atoms with Crippen LogP contribution in [0.4, 0.5) is 0 Å². The molecule has 150 valence electrons. The predicted octanol–water partition coefficient (Wildman–Crippen LogP) is 5.07. The summed E-state index contributed by atoms with van der Waals surface area (Å²) >= 11 is 3.44. The molecule has 1 aliphatic rings. The van der Waals surface area contributed by atoms with Gasteiger partial charge in [-0.05, 0) is 76.4 Å². The maximum Gasteiger partial charge on any atom is 0.251 e. The maximum absolute atomic E-state index is 12.8. The number of rotatable bonds is 5. The molecule has 0 radical (unpaired) electrons. The Kier molecular flexibility index (Phi) is 6.15. The average molecular weight is 445 g/mol. The van der Waals surface area contributed by atoms with Gasteiger partial charge in [-0.2, -0.15) is 0 Å². The Balaban J connectivity index is 1.63. The molecule has 1 fully saturated rings. The summed E-state index contributed by atoms with van der Waals surface area (Å²) in [4.78, 5) is 12.8.